The third kappa shape index (κ3) is 6.00. The molecule has 1 rings (SSSR count). The molecule has 0 aromatic heterocycles. The van der Waals surface area contributed by atoms with Crippen LogP contribution in [0, 0.1) is 0 Å². The molecule has 0 unspecified atom stereocenters. The van der Waals surface area contributed by atoms with Crippen LogP contribution in [0.4, 0.5) is 0 Å². The highest BCUT2D eigenvalue weighted by atomic mass is 28.4. The third-order valence-electron chi connectivity index (χ3n) is 3.23. The van der Waals surface area contributed by atoms with Gasteiger partial charge in [-0.15, -0.1) is 0 Å². The van der Waals surface area contributed by atoms with Gasteiger partial charge in [0.25, 0.3) is 0 Å². The van der Waals surface area contributed by atoms with Crippen molar-refractivity contribution in [1.82, 2.24) is 4.98 Å². The summed E-state index contributed by atoms with van der Waals surface area (Å²) in [6, 6.07) is 0.620. The summed E-state index contributed by atoms with van der Waals surface area (Å²) in [5.41, 5.74) is 0. The maximum atomic E-state index is 5.99. The highest BCUT2D eigenvalue weighted by molar-refractivity contribution is 6.63. The van der Waals surface area contributed by atoms with E-state index in [0.29, 0.717) is 6.04 Å². The molecule has 0 heterocycles. The van der Waals surface area contributed by atoms with Crippen molar-refractivity contribution in [2.45, 2.75) is 71.4 Å². The topological polar surface area (TPSA) is 30.5 Å². The van der Waals surface area contributed by atoms with Crippen LogP contribution in [0.2, 0.25) is 6.55 Å². The summed E-state index contributed by atoms with van der Waals surface area (Å²) in [4.78, 5) is 3.70. The first kappa shape index (κ1) is 15.2. The minimum Gasteiger partial charge on any atom is -0.383 e. The SMILES string of the molecule is CCCO[Si](C)(NC1CCCCC1)OCCC. The Balaban J connectivity index is 2.42. The molecule has 1 aliphatic rings. The van der Waals surface area contributed by atoms with Crippen molar-refractivity contribution in [3.8, 4) is 0 Å². The molecule has 0 atom stereocenters. The molecule has 1 aliphatic carbocycles. The van der Waals surface area contributed by atoms with E-state index in [1.165, 1.54) is 32.1 Å². The summed E-state index contributed by atoms with van der Waals surface area (Å²) >= 11 is 0. The van der Waals surface area contributed by atoms with Gasteiger partial charge in [0.05, 0.1) is 0 Å². The number of hydrogen-bond acceptors (Lipinski definition) is 3. The van der Waals surface area contributed by atoms with Crippen molar-refractivity contribution in [2.24, 2.45) is 0 Å². The van der Waals surface area contributed by atoms with Gasteiger partial charge in [-0.25, -0.2) is 0 Å². The lowest BCUT2D eigenvalue weighted by molar-refractivity contribution is 0.155. The van der Waals surface area contributed by atoms with Crippen LogP contribution in [0.3, 0.4) is 0 Å². The van der Waals surface area contributed by atoms with Crippen molar-refractivity contribution in [1.29, 1.82) is 0 Å². The summed E-state index contributed by atoms with van der Waals surface area (Å²) in [6.07, 6.45) is 8.78. The molecular formula is C13H29NO2Si. The zero-order valence-electron chi connectivity index (χ0n) is 11.8. The fraction of sp³-hybridized carbons (Fsp3) is 1.00. The average Bonchev–Trinajstić information content (AvgIpc) is 2.35. The smallest absolute Gasteiger partial charge is 0.383 e. The van der Waals surface area contributed by atoms with Gasteiger partial charge in [0.15, 0.2) is 0 Å². The normalized spacial score (nSPS) is 18.5. The fourth-order valence-corrected chi connectivity index (χ4v) is 4.80. The Morgan fingerprint density at radius 3 is 2.00 bits per heavy atom. The van der Waals surface area contributed by atoms with Gasteiger partial charge in [0.2, 0.25) is 0 Å². The second-order valence-corrected chi connectivity index (χ2v) is 7.88. The molecule has 1 N–H and O–H groups in total. The molecule has 0 bridgehead atoms. The highest BCUT2D eigenvalue weighted by Gasteiger charge is 2.34. The summed E-state index contributed by atoms with van der Waals surface area (Å²) < 4.78 is 12.0. The van der Waals surface area contributed by atoms with Crippen molar-refractivity contribution < 1.29 is 8.85 Å². The Bertz CT molecular complexity index is 188. The molecule has 0 aromatic carbocycles. The van der Waals surface area contributed by atoms with Gasteiger partial charge in [0.1, 0.15) is 0 Å². The first-order chi connectivity index (χ1) is 8.20. The fourth-order valence-electron chi connectivity index (χ4n) is 2.34. The maximum Gasteiger partial charge on any atom is 0.422 e. The molecule has 102 valence electrons. The van der Waals surface area contributed by atoms with Gasteiger partial charge in [0, 0.05) is 19.3 Å². The van der Waals surface area contributed by atoms with E-state index in [2.05, 4.69) is 25.4 Å². The van der Waals surface area contributed by atoms with Crippen LogP contribution in [0.5, 0.6) is 0 Å². The Hall–Kier alpha value is 0.0969. The standard InChI is InChI=1S/C13H29NO2Si/c1-4-11-15-17(3,16-12-5-2)14-13-9-7-6-8-10-13/h13-14H,4-12H2,1-3H3. The first-order valence-electron chi connectivity index (χ1n) is 7.25. The largest absolute Gasteiger partial charge is 0.422 e. The molecule has 17 heavy (non-hydrogen) atoms. The van der Waals surface area contributed by atoms with Crippen molar-refractivity contribution in [3.63, 3.8) is 0 Å². The van der Waals surface area contributed by atoms with Gasteiger partial charge in [-0.1, -0.05) is 33.1 Å². The number of rotatable bonds is 8. The van der Waals surface area contributed by atoms with Gasteiger partial charge in [-0.05, 0) is 32.2 Å². The van der Waals surface area contributed by atoms with E-state index < -0.39 is 8.72 Å². The number of nitrogens with one attached hydrogen (secondary N) is 1. The molecule has 0 aliphatic heterocycles. The maximum absolute atomic E-state index is 5.99. The summed E-state index contributed by atoms with van der Waals surface area (Å²) in [5, 5.41) is 0. The summed E-state index contributed by atoms with van der Waals surface area (Å²) in [5.74, 6) is 0. The van der Waals surface area contributed by atoms with Gasteiger partial charge in [-0.3, -0.25) is 4.98 Å². The first-order valence-corrected chi connectivity index (χ1v) is 9.57. The van der Waals surface area contributed by atoms with Gasteiger partial charge < -0.3 is 8.85 Å². The molecule has 0 amide bonds. The van der Waals surface area contributed by atoms with Crippen LogP contribution < -0.4 is 4.98 Å². The van der Waals surface area contributed by atoms with Gasteiger partial charge in [-0.2, -0.15) is 0 Å². The second kappa shape index (κ2) is 8.24. The monoisotopic (exact) mass is 259 g/mol. The van der Waals surface area contributed by atoms with E-state index in [-0.39, 0.29) is 0 Å². The average molecular weight is 259 g/mol. The van der Waals surface area contributed by atoms with Crippen LogP contribution in [-0.2, 0) is 8.85 Å². The van der Waals surface area contributed by atoms with E-state index in [1.54, 1.807) is 0 Å². The Labute approximate surface area is 108 Å². The van der Waals surface area contributed by atoms with Crippen LogP contribution in [-0.4, -0.2) is 28.0 Å². The van der Waals surface area contributed by atoms with Crippen molar-refractivity contribution in [3.05, 3.63) is 0 Å². The van der Waals surface area contributed by atoms with Crippen LogP contribution >= 0.6 is 0 Å². The zero-order chi connectivity index (χ0) is 12.6. The van der Waals surface area contributed by atoms with Gasteiger partial charge >= 0.3 is 8.72 Å². The highest BCUT2D eigenvalue weighted by Crippen LogP contribution is 2.19. The minimum atomic E-state index is -2.13. The Morgan fingerprint density at radius 1 is 1.00 bits per heavy atom. The molecule has 0 radical (unpaired) electrons. The van der Waals surface area contributed by atoms with Crippen molar-refractivity contribution in [2.75, 3.05) is 13.2 Å². The van der Waals surface area contributed by atoms with E-state index >= 15 is 0 Å². The van der Waals surface area contributed by atoms with E-state index in [9.17, 15) is 0 Å². The van der Waals surface area contributed by atoms with Crippen LogP contribution in [0.25, 0.3) is 0 Å². The Morgan fingerprint density at radius 2 is 1.53 bits per heavy atom. The summed E-state index contributed by atoms with van der Waals surface area (Å²) in [7, 11) is -2.13. The molecular weight excluding hydrogens is 230 g/mol. The van der Waals surface area contributed by atoms with Crippen molar-refractivity contribution >= 4 is 8.72 Å². The predicted molar refractivity (Wildman–Crippen MR) is 74.1 cm³/mol. The molecule has 3 nitrogen and oxygen atoms in total. The lowest BCUT2D eigenvalue weighted by atomic mass is 9.96. The predicted octanol–water partition coefficient (Wildman–Crippen LogP) is 3.33. The molecule has 1 fully saturated rings. The molecule has 0 spiro atoms. The quantitative estimate of drug-likeness (QED) is 0.678. The molecule has 0 aromatic rings. The number of hydrogen-bond donors (Lipinski definition) is 1. The van der Waals surface area contributed by atoms with E-state index in [1.807, 2.05) is 0 Å². The van der Waals surface area contributed by atoms with Crippen LogP contribution in [0.15, 0.2) is 0 Å². The lowest BCUT2D eigenvalue weighted by Crippen LogP contribution is -2.58. The minimum absolute atomic E-state index is 0.620. The third-order valence-corrected chi connectivity index (χ3v) is 5.68. The van der Waals surface area contributed by atoms with E-state index in [0.717, 1.165) is 26.1 Å². The molecule has 4 heteroatoms. The Kier molecular flexibility index (Phi) is 7.35. The second-order valence-electron chi connectivity index (χ2n) is 5.12. The lowest BCUT2D eigenvalue weighted by Gasteiger charge is -2.33. The van der Waals surface area contributed by atoms with Crippen LogP contribution in [0.1, 0.15) is 58.8 Å². The summed E-state index contributed by atoms with van der Waals surface area (Å²) in [6.45, 7) is 8.08. The molecule has 0 saturated heterocycles. The van der Waals surface area contributed by atoms with E-state index in [4.69, 9.17) is 8.85 Å². The molecule has 1 saturated carbocycles. The zero-order valence-corrected chi connectivity index (χ0v) is 12.8.